The van der Waals surface area contributed by atoms with Gasteiger partial charge in [0.15, 0.2) is 0 Å². The number of rotatable bonds is 3. The van der Waals surface area contributed by atoms with Crippen molar-refractivity contribution in [3.8, 4) is 11.2 Å². The van der Waals surface area contributed by atoms with Crippen molar-refractivity contribution in [3.63, 3.8) is 0 Å². The second-order valence-electron chi connectivity index (χ2n) is 3.03. The average Bonchev–Trinajstić information content (AvgIpc) is 2.86. The van der Waals surface area contributed by atoms with E-state index < -0.39 is 5.97 Å². The Morgan fingerprint density at radius 3 is 2.65 bits per heavy atom. The molecule has 1 aromatic heterocycles. The van der Waals surface area contributed by atoms with Crippen molar-refractivity contribution in [2.75, 3.05) is 0 Å². The van der Waals surface area contributed by atoms with Gasteiger partial charge in [-0.1, -0.05) is 0 Å². The summed E-state index contributed by atoms with van der Waals surface area (Å²) in [6, 6.07) is 9.81. The van der Waals surface area contributed by atoms with Gasteiger partial charge in [-0.2, -0.15) is 5.26 Å². The molecule has 0 atom stereocenters. The van der Waals surface area contributed by atoms with Gasteiger partial charge in [-0.25, -0.2) is 4.79 Å². The maximum Gasteiger partial charge on any atom is 0.379 e. The lowest BCUT2D eigenvalue weighted by Gasteiger charge is -2.02. The van der Waals surface area contributed by atoms with E-state index >= 15 is 0 Å². The number of esters is 1. The lowest BCUT2D eigenvalue weighted by Crippen LogP contribution is -2.06. The quantitative estimate of drug-likeness (QED) is 0.360. The molecule has 0 aliphatic carbocycles. The van der Waals surface area contributed by atoms with Crippen molar-refractivity contribution in [3.05, 3.63) is 48.4 Å². The van der Waals surface area contributed by atoms with Crippen LogP contribution in [0.5, 0.6) is 5.75 Å². The fourth-order valence-electron chi connectivity index (χ4n) is 1.18. The van der Waals surface area contributed by atoms with Gasteiger partial charge in [-0.05, 0) is 48.2 Å². The first kappa shape index (κ1) is 11.3. The molecule has 0 radical (unpaired) electrons. The van der Waals surface area contributed by atoms with E-state index in [0.29, 0.717) is 5.75 Å². The molecule has 0 fully saturated rings. The Hall–Kier alpha value is -2.19. The van der Waals surface area contributed by atoms with Gasteiger partial charge in [0.2, 0.25) is 5.76 Å². The van der Waals surface area contributed by atoms with Crippen LogP contribution in [0.4, 0.5) is 0 Å². The molecular formula is C12H7NO3S. The number of benzene rings is 1. The van der Waals surface area contributed by atoms with Crippen LogP contribution in [0.15, 0.2) is 52.0 Å². The van der Waals surface area contributed by atoms with E-state index in [4.69, 9.17) is 14.4 Å². The highest BCUT2D eigenvalue weighted by Gasteiger charge is 2.10. The van der Waals surface area contributed by atoms with Crippen molar-refractivity contribution in [2.45, 2.75) is 4.90 Å². The predicted molar refractivity (Wildman–Crippen MR) is 61.6 cm³/mol. The Labute approximate surface area is 102 Å². The molecule has 2 aromatic rings. The van der Waals surface area contributed by atoms with Gasteiger partial charge < -0.3 is 9.15 Å². The standard InChI is InChI=1S/C12H7NO3S/c13-8-17-10-5-3-9(4-6-10)16-12(14)11-2-1-7-15-11/h1-7H. The van der Waals surface area contributed by atoms with E-state index in [2.05, 4.69) is 0 Å². The normalized spacial score (nSPS) is 9.59. The Morgan fingerprint density at radius 1 is 1.29 bits per heavy atom. The van der Waals surface area contributed by atoms with Gasteiger partial charge in [0, 0.05) is 4.90 Å². The monoisotopic (exact) mass is 245 g/mol. The van der Waals surface area contributed by atoms with E-state index in [9.17, 15) is 4.79 Å². The first-order valence-corrected chi connectivity index (χ1v) is 5.53. The molecular weight excluding hydrogens is 238 g/mol. The summed E-state index contributed by atoms with van der Waals surface area (Å²) in [6.45, 7) is 0. The largest absolute Gasteiger partial charge is 0.457 e. The van der Waals surface area contributed by atoms with Crippen LogP contribution in [-0.2, 0) is 0 Å². The molecule has 0 aliphatic heterocycles. The molecule has 0 N–H and O–H groups in total. The average molecular weight is 245 g/mol. The summed E-state index contributed by atoms with van der Waals surface area (Å²) in [5.74, 6) is 0.0184. The molecule has 0 aliphatic rings. The molecule has 0 bridgehead atoms. The fraction of sp³-hybridized carbons (Fsp3) is 0. The molecule has 84 valence electrons. The third kappa shape index (κ3) is 2.89. The minimum Gasteiger partial charge on any atom is -0.457 e. The summed E-state index contributed by atoms with van der Waals surface area (Å²) < 4.78 is 9.98. The van der Waals surface area contributed by atoms with Crippen molar-refractivity contribution in [2.24, 2.45) is 0 Å². The van der Waals surface area contributed by atoms with Crippen LogP contribution in [0, 0.1) is 10.7 Å². The van der Waals surface area contributed by atoms with Gasteiger partial charge in [-0.3, -0.25) is 0 Å². The van der Waals surface area contributed by atoms with Gasteiger partial charge in [0.1, 0.15) is 11.2 Å². The Morgan fingerprint density at radius 2 is 2.06 bits per heavy atom. The summed E-state index contributed by atoms with van der Waals surface area (Å²) >= 11 is 1.05. The number of thioether (sulfide) groups is 1. The summed E-state index contributed by atoms with van der Waals surface area (Å²) in [5, 5.41) is 10.4. The first-order valence-electron chi connectivity index (χ1n) is 4.71. The third-order valence-corrected chi connectivity index (χ3v) is 2.52. The molecule has 2 rings (SSSR count). The van der Waals surface area contributed by atoms with Crippen molar-refractivity contribution in [1.29, 1.82) is 5.26 Å². The zero-order chi connectivity index (χ0) is 12.1. The number of thiocyanates is 1. The van der Waals surface area contributed by atoms with E-state index in [0.717, 1.165) is 16.7 Å². The summed E-state index contributed by atoms with van der Waals surface area (Å²) in [7, 11) is 0. The fourth-order valence-corrected chi connectivity index (χ4v) is 1.56. The van der Waals surface area contributed by atoms with Crippen molar-refractivity contribution >= 4 is 17.7 Å². The van der Waals surface area contributed by atoms with Gasteiger partial charge in [0.25, 0.3) is 0 Å². The van der Waals surface area contributed by atoms with Gasteiger partial charge in [-0.15, -0.1) is 0 Å². The number of nitrogens with zero attached hydrogens (tertiary/aromatic N) is 1. The highest BCUT2D eigenvalue weighted by molar-refractivity contribution is 8.03. The van der Waals surface area contributed by atoms with Crippen LogP contribution in [0.3, 0.4) is 0 Å². The molecule has 5 heteroatoms. The molecule has 0 saturated carbocycles. The third-order valence-electron chi connectivity index (χ3n) is 1.92. The highest BCUT2D eigenvalue weighted by atomic mass is 32.2. The molecule has 17 heavy (non-hydrogen) atoms. The van der Waals surface area contributed by atoms with Crippen LogP contribution in [0.25, 0.3) is 0 Å². The number of furan rings is 1. The number of carbonyl (C=O) groups excluding carboxylic acids is 1. The molecule has 1 heterocycles. The maximum atomic E-state index is 11.5. The van der Waals surface area contributed by atoms with E-state index in [1.807, 2.05) is 5.40 Å². The Bertz CT molecular complexity index is 540. The van der Waals surface area contributed by atoms with Crippen LogP contribution in [0.1, 0.15) is 10.6 Å². The molecule has 0 saturated heterocycles. The molecule has 1 aromatic carbocycles. The topological polar surface area (TPSA) is 63.2 Å². The second-order valence-corrected chi connectivity index (χ2v) is 3.89. The Kier molecular flexibility index (Phi) is 3.48. The molecule has 0 unspecified atom stereocenters. The SMILES string of the molecule is N#CSc1ccc(OC(=O)c2ccco2)cc1. The van der Waals surface area contributed by atoms with Crippen molar-refractivity contribution in [1.82, 2.24) is 0 Å². The zero-order valence-electron chi connectivity index (χ0n) is 8.62. The molecule has 0 amide bonds. The first-order chi connectivity index (χ1) is 8.29. The second kappa shape index (κ2) is 5.23. The van der Waals surface area contributed by atoms with E-state index in [1.165, 1.54) is 12.3 Å². The van der Waals surface area contributed by atoms with Crippen LogP contribution in [-0.4, -0.2) is 5.97 Å². The van der Waals surface area contributed by atoms with Crippen LogP contribution >= 0.6 is 11.8 Å². The van der Waals surface area contributed by atoms with Crippen LogP contribution < -0.4 is 4.74 Å². The number of nitriles is 1. The van der Waals surface area contributed by atoms with E-state index in [1.54, 1.807) is 30.3 Å². The maximum absolute atomic E-state index is 11.5. The smallest absolute Gasteiger partial charge is 0.379 e. The molecule has 4 nitrogen and oxygen atoms in total. The van der Waals surface area contributed by atoms with Crippen LogP contribution in [0.2, 0.25) is 0 Å². The van der Waals surface area contributed by atoms with Gasteiger partial charge in [0.05, 0.1) is 6.26 Å². The Balaban J connectivity index is 2.05. The number of hydrogen-bond acceptors (Lipinski definition) is 5. The van der Waals surface area contributed by atoms with Gasteiger partial charge >= 0.3 is 5.97 Å². The lowest BCUT2D eigenvalue weighted by atomic mass is 10.3. The summed E-state index contributed by atoms with van der Waals surface area (Å²) in [6.07, 6.45) is 1.41. The summed E-state index contributed by atoms with van der Waals surface area (Å²) in [4.78, 5) is 12.3. The lowest BCUT2D eigenvalue weighted by molar-refractivity contribution is 0.0701. The minimum atomic E-state index is -0.546. The predicted octanol–water partition coefficient (Wildman–Crippen LogP) is 3.07. The highest BCUT2D eigenvalue weighted by Crippen LogP contribution is 2.21. The zero-order valence-corrected chi connectivity index (χ0v) is 9.44. The number of hydrogen-bond donors (Lipinski definition) is 0. The minimum absolute atomic E-state index is 0.153. The van der Waals surface area contributed by atoms with E-state index in [-0.39, 0.29) is 5.76 Å². The summed E-state index contributed by atoms with van der Waals surface area (Å²) in [5.41, 5.74) is 0. The van der Waals surface area contributed by atoms with Crippen molar-refractivity contribution < 1.29 is 13.9 Å². The number of ether oxygens (including phenoxy) is 1. The number of carbonyl (C=O) groups is 1. The molecule has 0 spiro atoms.